The van der Waals surface area contributed by atoms with E-state index in [0.717, 1.165) is 11.1 Å². The summed E-state index contributed by atoms with van der Waals surface area (Å²) in [5.41, 5.74) is 1.84. The van der Waals surface area contributed by atoms with E-state index in [1.807, 2.05) is 19.1 Å². The average Bonchev–Trinajstić information content (AvgIpc) is 2.02. The molecule has 0 radical (unpaired) electrons. The van der Waals surface area contributed by atoms with Gasteiger partial charge in [-0.3, -0.25) is 0 Å². The second-order valence-corrected chi connectivity index (χ2v) is 4.90. The van der Waals surface area contributed by atoms with Crippen LogP contribution in [0, 0.1) is 6.92 Å². The van der Waals surface area contributed by atoms with Crippen LogP contribution >= 0.6 is 0 Å². The number of halogens is 3. The summed E-state index contributed by atoms with van der Waals surface area (Å²) in [6.45, 7) is 1.92. The maximum absolute atomic E-state index is 11.8. The number of hydrogen-bond acceptors (Lipinski definition) is 0. The Morgan fingerprint density at radius 2 is 1.69 bits per heavy atom. The van der Waals surface area contributed by atoms with E-state index in [2.05, 4.69) is 0 Å². The average molecular weight is 253 g/mol. The molecule has 0 spiro atoms. The topological polar surface area (TPSA) is 0 Å². The van der Waals surface area contributed by atoms with E-state index in [1.165, 1.54) is 0 Å². The van der Waals surface area contributed by atoms with Gasteiger partial charge in [0.1, 0.15) is 0 Å². The summed E-state index contributed by atoms with van der Waals surface area (Å²) < 4.78 is 35.5. The molecule has 0 atom stereocenters. The van der Waals surface area contributed by atoms with Crippen LogP contribution < -0.4 is 0 Å². The van der Waals surface area contributed by atoms with Gasteiger partial charge in [-0.2, -0.15) is 0 Å². The van der Waals surface area contributed by atoms with Crippen LogP contribution in [0.3, 0.4) is 0 Å². The minimum atomic E-state index is -3.99. The van der Waals surface area contributed by atoms with Gasteiger partial charge in [0.15, 0.2) is 0 Å². The van der Waals surface area contributed by atoms with E-state index in [0.29, 0.717) is 0 Å². The molecule has 0 aliphatic rings. The summed E-state index contributed by atoms with van der Waals surface area (Å²) in [6.07, 6.45) is 0. The minimum absolute atomic E-state index is 0.136. The summed E-state index contributed by atoms with van der Waals surface area (Å²) in [5, 5.41) is -3.85. The molecule has 72 valence electrons. The Labute approximate surface area is 81.3 Å². The Morgan fingerprint density at radius 1 is 1.15 bits per heavy atom. The second-order valence-electron chi connectivity index (χ2n) is 2.72. The monoisotopic (exact) mass is 254 g/mol. The third kappa shape index (κ3) is 4.34. The van der Waals surface area contributed by atoms with E-state index in [-0.39, 0.29) is 5.32 Å². The third-order valence-electron chi connectivity index (χ3n) is 1.52. The first-order chi connectivity index (χ1) is 5.97. The van der Waals surface area contributed by atoms with Crippen LogP contribution in [0.15, 0.2) is 24.3 Å². The van der Waals surface area contributed by atoms with Crippen molar-refractivity contribution in [3.8, 4) is 0 Å². The van der Waals surface area contributed by atoms with Gasteiger partial charge in [0.25, 0.3) is 0 Å². The van der Waals surface area contributed by atoms with Crippen LogP contribution in [0.2, 0.25) is 0 Å². The molecule has 0 aromatic heterocycles. The van der Waals surface area contributed by atoms with Crippen molar-refractivity contribution in [3.05, 3.63) is 35.4 Å². The Bertz CT molecular complexity index is 263. The van der Waals surface area contributed by atoms with Gasteiger partial charge in [0.05, 0.1) is 0 Å². The van der Waals surface area contributed by atoms with E-state index < -0.39 is 20.0 Å². The summed E-state index contributed by atoms with van der Waals surface area (Å²) >= 11 is -1.29. The van der Waals surface area contributed by atoms with Crippen molar-refractivity contribution < 1.29 is 13.2 Å². The Kier molecular flexibility index (Phi) is 3.39. The summed E-state index contributed by atoms with van der Waals surface area (Å²) in [6, 6.07) is 7.18. The first-order valence-corrected chi connectivity index (χ1v) is 5.80. The molecular formula is C9H9F3Se. The fourth-order valence-electron chi connectivity index (χ4n) is 0.849. The molecule has 0 amide bonds. The van der Waals surface area contributed by atoms with Gasteiger partial charge in [0, 0.05) is 0 Å². The Hall–Kier alpha value is -0.471. The molecular weight excluding hydrogens is 244 g/mol. The van der Waals surface area contributed by atoms with Crippen LogP contribution in [0.4, 0.5) is 13.2 Å². The molecule has 0 bridgehead atoms. The zero-order valence-electron chi connectivity index (χ0n) is 7.06. The SMILES string of the molecule is Cc1ccc(C[Se]C(F)(F)F)cc1. The van der Waals surface area contributed by atoms with Crippen molar-refractivity contribution in [2.24, 2.45) is 0 Å². The van der Waals surface area contributed by atoms with E-state index in [4.69, 9.17) is 0 Å². The second kappa shape index (κ2) is 4.16. The van der Waals surface area contributed by atoms with Gasteiger partial charge in [-0.1, -0.05) is 0 Å². The number of alkyl halides is 3. The van der Waals surface area contributed by atoms with Crippen molar-refractivity contribution in [1.29, 1.82) is 0 Å². The predicted octanol–water partition coefficient (Wildman–Crippen LogP) is 2.72. The van der Waals surface area contributed by atoms with E-state index in [1.54, 1.807) is 12.1 Å². The van der Waals surface area contributed by atoms with Crippen LogP contribution in [0.1, 0.15) is 11.1 Å². The molecule has 0 unspecified atom stereocenters. The van der Waals surface area contributed by atoms with Gasteiger partial charge in [-0.15, -0.1) is 0 Å². The number of aryl methyl sites for hydroxylation is 1. The van der Waals surface area contributed by atoms with Crippen LogP contribution in [0.5, 0.6) is 0 Å². The van der Waals surface area contributed by atoms with Crippen LogP contribution in [-0.2, 0) is 5.32 Å². The van der Waals surface area contributed by atoms with Gasteiger partial charge >= 0.3 is 80.8 Å². The molecule has 1 aromatic carbocycles. The molecule has 0 heterocycles. The van der Waals surface area contributed by atoms with Crippen molar-refractivity contribution in [2.75, 3.05) is 0 Å². The molecule has 0 aliphatic carbocycles. The third-order valence-corrected chi connectivity index (χ3v) is 3.21. The maximum atomic E-state index is 11.8. The molecule has 13 heavy (non-hydrogen) atoms. The van der Waals surface area contributed by atoms with Gasteiger partial charge in [-0.05, 0) is 0 Å². The fraction of sp³-hybridized carbons (Fsp3) is 0.333. The zero-order chi connectivity index (χ0) is 9.90. The van der Waals surface area contributed by atoms with Crippen molar-refractivity contribution in [3.63, 3.8) is 0 Å². The van der Waals surface area contributed by atoms with Crippen LogP contribution in [-0.4, -0.2) is 20.0 Å². The zero-order valence-corrected chi connectivity index (χ0v) is 8.77. The molecule has 0 nitrogen and oxygen atoms in total. The van der Waals surface area contributed by atoms with E-state index >= 15 is 0 Å². The Morgan fingerprint density at radius 3 is 2.15 bits per heavy atom. The summed E-state index contributed by atoms with van der Waals surface area (Å²) in [4.78, 5) is 0. The molecule has 4 heteroatoms. The van der Waals surface area contributed by atoms with Crippen molar-refractivity contribution >= 4 is 15.0 Å². The standard InChI is InChI=1S/C9H9F3Se/c1-7-2-4-8(5-3-7)6-13-9(10,11)12/h2-5H,6H2,1H3. The van der Waals surface area contributed by atoms with Gasteiger partial charge in [0.2, 0.25) is 0 Å². The molecule has 1 aromatic rings. The normalized spacial score (nSPS) is 11.7. The molecule has 0 saturated heterocycles. The van der Waals surface area contributed by atoms with Gasteiger partial charge < -0.3 is 0 Å². The molecule has 0 fully saturated rings. The first-order valence-electron chi connectivity index (χ1n) is 3.73. The fourth-order valence-corrected chi connectivity index (χ4v) is 1.95. The van der Waals surface area contributed by atoms with Crippen molar-refractivity contribution in [2.45, 2.75) is 17.3 Å². The number of hydrogen-bond donors (Lipinski definition) is 0. The van der Waals surface area contributed by atoms with Gasteiger partial charge in [-0.25, -0.2) is 0 Å². The molecule has 0 aliphatic heterocycles. The first kappa shape index (κ1) is 10.6. The predicted molar refractivity (Wildman–Crippen MR) is 46.7 cm³/mol. The van der Waals surface area contributed by atoms with Crippen molar-refractivity contribution in [1.82, 2.24) is 0 Å². The summed E-state index contributed by atoms with van der Waals surface area (Å²) in [5.74, 6) is 0. The van der Waals surface area contributed by atoms with E-state index in [9.17, 15) is 13.2 Å². The number of rotatable bonds is 2. The Balaban J connectivity index is 2.51. The molecule has 0 saturated carbocycles. The van der Waals surface area contributed by atoms with Crippen LogP contribution in [0.25, 0.3) is 0 Å². The number of benzene rings is 1. The molecule has 1 rings (SSSR count). The quantitative estimate of drug-likeness (QED) is 0.711. The summed E-state index contributed by atoms with van der Waals surface area (Å²) in [7, 11) is 0. The molecule has 0 N–H and O–H groups in total.